The van der Waals surface area contributed by atoms with Crippen LogP contribution in [0.15, 0.2) is 29.8 Å². The number of methoxy groups -OCH3 is 1. The lowest BCUT2D eigenvalue weighted by Crippen LogP contribution is -2.23. The molecule has 2 rings (SSSR count). The van der Waals surface area contributed by atoms with Crippen molar-refractivity contribution in [3.05, 3.63) is 41.0 Å². The highest BCUT2D eigenvalue weighted by molar-refractivity contribution is 6.25. The summed E-state index contributed by atoms with van der Waals surface area (Å²) in [4.78, 5) is 23.9. The highest BCUT2D eigenvalue weighted by atomic mass is 16.5. The van der Waals surface area contributed by atoms with Gasteiger partial charge in [-0.15, -0.1) is 0 Å². The Bertz CT molecular complexity index is 526. The third-order valence-electron chi connectivity index (χ3n) is 2.74. The molecule has 4 heteroatoms. The van der Waals surface area contributed by atoms with E-state index in [1.165, 1.54) is 20.1 Å². The third kappa shape index (κ3) is 1.76. The zero-order chi connectivity index (χ0) is 12.6. The summed E-state index contributed by atoms with van der Waals surface area (Å²) in [5.41, 5.74) is 0.657. The number of benzene rings is 1. The van der Waals surface area contributed by atoms with Gasteiger partial charge in [0.25, 0.3) is 0 Å². The number of hydrogen-bond donors (Lipinski definition) is 1. The number of allylic oxidation sites excluding steroid dienone is 1. The van der Waals surface area contributed by atoms with Gasteiger partial charge < -0.3 is 9.84 Å². The van der Waals surface area contributed by atoms with E-state index in [9.17, 15) is 14.7 Å². The summed E-state index contributed by atoms with van der Waals surface area (Å²) in [6.45, 7) is 1.46. The highest BCUT2D eigenvalue weighted by Gasteiger charge is 2.30. The van der Waals surface area contributed by atoms with Crippen LogP contribution in [-0.4, -0.2) is 29.9 Å². The van der Waals surface area contributed by atoms with Crippen LogP contribution in [0.5, 0.6) is 5.75 Å². The summed E-state index contributed by atoms with van der Waals surface area (Å²) in [7, 11) is 1.44. The van der Waals surface area contributed by atoms with Gasteiger partial charge in [-0.3, -0.25) is 9.59 Å². The summed E-state index contributed by atoms with van der Waals surface area (Å²) in [6, 6.07) is 4.85. The Labute approximate surface area is 98.5 Å². The number of rotatable bonds is 2. The zero-order valence-electron chi connectivity index (χ0n) is 9.56. The molecule has 1 aliphatic carbocycles. The standard InChI is InChI=1S/C13H12O4/c1-7(14)9-6-10(15)8-4-3-5-11(17-2)12(8)13(9)16/h3-7,14H,1-2H3. The molecule has 88 valence electrons. The number of fused-ring (bicyclic) bond motifs is 1. The number of ether oxygens (including phenoxy) is 1. The average molecular weight is 232 g/mol. The fourth-order valence-corrected chi connectivity index (χ4v) is 1.88. The molecule has 0 radical (unpaired) electrons. The van der Waals surface area contributed by atoms with Crippen LogP contribution in [0.25, 0.3) is 0 Å². The topological polar surface area (TPSA) is 63.6 Å². The summed E-state index contributed by atoms with van der Waals surface area (Å²) in [5, 5.41) is 9.47. The number of Topliss-reactive ketones (excluding diaryl/α,β-unsaturated/α-hetero) is 1. The molecule has 17 heavy (non-hydrogen) atoms. The molecule has 0 saturated heterocycles. The summed E-state index contributed by atoms with van der Waals surface area (Å²) >= 11 is 0. The predicted molar refractivity (Wildman–Crippen MR) is 61.4 cm³/mol. The van der Waals surface area contributed by atoms with Crippen LogP contribution >= 0.6 is 0 Å². The Balaban J connectivity index is 2.65. The first kappa shape index (κ1) is 11.5. The van der Waals surface area contributed by atoms with Crippen molar-refractivity contribution in [1.29, 1.82) is 0 Å². The Morgan fingerprint density at radius 2 is 2.00 bits per heavy atom. The van der Waals surface area contributed by atoms with Crippen LogP contribution in [0.2, 0.25) is 0 Å². The largest absolute Gasteiger partial charge is 0.496 e. The molecule has 0 heterocycles. The van der Waals surface area contributed by atoms with E-state index in [2.05, 4.69) is 0 Å². The molecule has 4 nitrogen and oxygen atoms in total. The van der Waals surface area contributed by atoms with Crippen LogP contribution in [-0.2, 0) is 0 Å². The molecule has 0 bridgehead atoms. The van der Waals surface area contributed by atoms with Gasteiger partial charge in [-0.25, -0.2) is 0 Å². The second-order valence-electron chi connectivity index (χ2n) is 3.85. The molecule has 1 unspecified atom stereocenters. The van der Waals surface area contributed by atoms with Crippen LogP contribution in [0, 0.1) is 0 Å². The van der Waals surface area contributed by atoms with Crippen LogP contribution < -0.4 is 4.74 Å². The predicted octanol–water partition coefficient (Wildman–Crippen LogP) is 1.38. The average Bonchev–Trinajstić information content (AvgIpc) is 2.32. The van der Waals surface area contributed by atoms with E-state index in [0.717, 1.165) is 0 Å². The fraction of sp³-hybridized carbons (Fsp3) is 0.231. The van der Waals surface area contributed by atoms with Crippen molar-refractivity contribution in [2.24, 2.45) is 0 Å². The van der Waals surface area contributed by atoms with E-state index in [0.29, 0.717) is 11.3 Å². The van der Waals surface area contributed by atoms with Gasteiger partial charge in [0.1, 0.15) is 5.75 Å². The van der Waals surface area contributed by atoms with Crippen molar-refractivity contribution in [3.8, 4) is 5.75 Å². The maximum absolute atomic E-state index is 12.1. The highest BCUT2D eigenvalue weighted by Crippen LogP contribution is 2.30. The second kappa shape index (κ2) is 4.14. The summed E-state index contributed by atoms with van der Waals surface area (Å²) in [6.07, 6.45) is 0.221. The first-order valence-electron chi connectivity index (χ1n) is 5.22. The Kier molecular flexibility index (Phi) is 2.81. The molecule has 0 aliphatic heterocycles. The molecule has 1 aromatic rings. The molecule has 0 fully saturated rings. The van der Waals surface area contributed by atoms with Crippen LogP contribution in [0.3, 0.4) is 0 Å². The van der Waals surface area contributed by atoms with Crippen molar-refractivity contribution in [2.45, 2.75) is 13.0 Å². The second-order valence-corrected chi connectivity index (χ2v) is 3.85. The van der Waals surface area contributed by atoms with Gasteiger partial charge in [0.05, 0.1) is 18.8 Å². The first-order valence-corrected chi connectivity index (χ1v) is 5.22. The minimum atomic E-state index is -0.968. The minimum Gasteiger partial charge on any atom is -0.496 e. The van der Waals surface area contributed by atoms with Gasteiger partial charge in [-0.2, -0.15) is 0 Å². The number of aliphatic hydroxyl groups is 1. The number of carbonyl (C=O) groups is 2. The van der Waals surface area contributed by atoms with E-state index in [1.54, 1.807) is 18.2 Å². The lowest BCUT2D eigenvalue weighted by Gasteiger charge is -2.18. The molecule has 1 N–H and O–H groups in total. The minimum absolute atomic E-state index is 0.104. The molecule has 1 aliphatic rings. The zero-order valence-corrected chi connectivity index (χ0v) is 9.56. The molecule has 0 aromatic heterocycles. The normalized spacial score (nSPS) is 16.3. The number of carbonyl (C=O) groups excluding carboxylic acids is 2. The number of ketones is 2. The van der Waals surface area contributed by atoms with Crippen molar-refractivity contribution in [2.75, 3.05) is 7.11 Å². The van der Waals surface area contributed by atoms with Crippen LogP contribution in [0.4, 0.5) is 0 Å². The van der Waals surface area contributed by atoms with Gasteiger partial charge in [-0.1, -0.05) is 12.1 Å². The van der Waals surface area contributed by atoms with Gasteiger partial charge in [-0.05, 0) is 19.1 Å². The van der Waals surface area contributed by atoms with E-state index >= 15 is 0 Å². The maximum atomic E-state index is 12.1. The van der Waals surface area contributed by atoms with E-state index in [-0.39, 0.29) is 22.7 Å². The fourth-order valence-electron chi connectivity index (χ4n) is 1.88. The third-order valence-corrected chi connectivity index (χ3v) is 2.74. The first-order chi connectivity index (χ1) is 8.06. The van der Waals surface area contributed by atoms with Gasteiger partial charge in [0.15, 0.2) is 11.6 Å². The van der Waals surface area contributed by atoms with Crippen molar-refractivity contribution < 1.29 is 19.4 Å². The Morgan fingerprint density at radius 3 is 2.59 bits per heavy atom. The quantitative estimate of drug-likeness (QED) is 0.836. The maximum Gasteiger partial charge on any atom is 0.196 e. The molecule has 1 atom stereocenters. The molecular formula is C13H12O4. The summed E-state index contributed by atoms with van der Waals surface area (Å²) < 4.78 is 5.08. The van der Waals surface area contributed by atoms with Gasteiger partial charge >= 0.3 is 0 Å². The van der Waals surface area contributed by atoms with E-state index in [1.807, 2.05) is 0 Å². The Morgan fingerprint density at radius 1 is 1.29 bits per heavy atom. The van der Waals surface area contributed by atoms with Crippen molar-refractivity contribution in [3.63, 3.8) is 0 Å². The van der Waals surface area contributed by atoms with E-state index < -0.39 is 6.10 Å². The molecule has 0 spiro atoms. The molecule has 0 amide bonds. The van der Waals surface area contributed by atoms with Gasteiger partial charge in [0, 0.05) is 11.1 Å². The smallest absolute Gasteiger partial charge is 0.196 e. The lowest BCUT2D eigenvalue weighted by molar-refractivity contribution is 0.0950. The Hall–Kier alpha value is -1.94. The monoisotopic (exact) mass is 232 g/mol. The number of aliphatic hydroxyl groups excluding tert-OH is 1. The SMILES string of the molecule is COc1cccc2c1C(=O)C(C(C)O)=CC2=O. The van der Waals surface area contributed by atoms with E-state index in [4.69, 9.17) is 4.74 Å². The van der Waals surface area contributed by atoms with Crippen molar-refractivity contribution >= 4 is 11.6 Å². The molecule has 0 saturated carbocycles. The van der Waals surface area contributed by atoms with Crippen LogP contribution in [0.1, 0.15) is 27.6 Å². The number of hydrogen-bond acceptors (Lipinski definition) is 4. The van der Waals surface area contributed by atoms with Crippen molar-refractivity contribution in [1.82, 2.24) is 0 Å². The molecular weight excluding hydrogens is 220 g/mol. The lowest BCUT2D eigenvalue weighted by atomic mass is 9.87. The molecule has 1 aromatic carbocycles. The van der Waals surface area contributed by atoms with Gasteiger partial charge in [0.2, 0.25) is 0 Å². The summed E-state index contributed by atoms with van der Waals surface area (Å²) in [5.74, 6) is -0.284.